The van der Waals surface area contributed by atoms with Crippen molar-refractivity contribution in [2.75, 3.05) is 13.2 Å². The second-order valence-corrected chi connectivity index (χ2v) is 6.09. The Hall–Kier alpha value is -0.0800. The lowest BCUT2D eigenvalue weighted by Crippen LogP contribution is -2.39. The van der Waals surface area contributed by atoms with Crippen LogP contribution in [0.1, 0.15) is 57.8 Å². The first kappa shape index (κ1) is 11.0. The van der Waals surface area contributed by atoms with Crippen LogP contribution in [-0.4, -0.2) is 19.5 Å². The second kappa shape index (κ2) is 4.66. The van der Waals surface area contributed by atoms with Crippen molar-refractivity contribution in [2.24, 2.45) is 11.3 Å². The third kappa shape index (κ3) is 2.28. The van der Waals surface area contributed by atoms with Gasteiger partial charge in [0.05, 0.1) is 6.61 Å². The normalized spacial score (nSPS) is 43.5. The summed E-state index contributed by atoms with van der Waals surface area (Å²) in [5, 5.41) is 0. The molecule has 0 aromatic heterocycles. The summed E-state index contributed by atoms with van der Waals surface area (Å²) in [6.07, 6.45) is 12.3. The molecule has 1 atom stereocenters. The van der Waals surface area contributed by atoms with E-state index < -0.39 is 0 Å². The lowest BCUT2D eigenvalue weighted by atomic mass is 9.61. The average Bonchev–Trinajstić information content (AvgIpc) is 2.40. The van der Waals surface area contributed by atoms with Crippen molar-refractivity contribution in [1.82, 2.24) is 0 Å². The van der Waals surface area contributed by atoms with E-state index in [1.807, 2.05) is 0 Å². The van der Waals surface area contributed by atoms with Crippen molar-refractivity contribution in [1.29, 1.82) is 0 Å². The Kier molecular flexibility index (Phi) is 3.21. The van der Waals surface area contributed by atoms with Crippen LogP contribution in [0.5, 0.6) is 0 Å². The van der Waals surface area contributed by atoms with Gasteiger partial charge < -0.3 is 9.47 Å². The van der Waals surface area contributed by atoms with Crippen LogP contribution in [-0.2, 0) is 9.47 Å². The maximum absolute atomic E-state index is 6.02. The molecule has 2 heteroatoms. The molecule has 2 bridgehead atoms. The number of hydrogen-bond donors (Lipinski definition) is 0. The van der Waals surface area contributed by atoms with Gasteiger partial charge in [-0.25, -0.2) is 0 Å². The molecule has 3 aliphatic carbocycles. The van der Waals surface area contributed by atoms with Gasteiger partial charge in [0.15, 0.2) is 6.29 Å². The summed E-state index contributed by atoms with van der Waals surface area (Å²) >= 11 is 0. The van der Waals surface area contributed by atoms with Gasteiger partial charge >= 0.3 is 0 Å². The van der Waals surface area contributed by atoms with Crippen molar-refractivity contribution in [3.63, 3.8) is 0 Å². The number of rotatable bonds is 3. The van der Waals surface area contributed by atoms with Crippen LogP contribution in [0.3, 0.4) is 0 Å². The second-order valence-electron chi connectivity index (χ2n) is 6.09. The largest absolute Gasteiger partial charge is 0.353 e. The number of hydrogen-bond acceptors (Lipinski definition) is 2. The molecule has 3 saturated carbocycles. The monoisotopic (exact) mass is 224 g/mol. The van der Waals surface area contributed by atoms with Gasteiger partial charge in [0.1, 0.15) is 0 Å². The lowest BCUT2D eigenvalue weighted by Gasteiger charge is -2.46. The van der Waals surface area contributed by atoms with E-state index in [1.165, 1.54) is 51.4 Å². The van der Waals surface area contributed by atoms with Crippen LogP contribution >= 0.6 is 0 Å². The number of fused-ring (bicyclic) bond motifs is 3. The fraction of sp³-hybridized carbons (Fsp3) is 1.00. The molecule has 1 heterocycles. The number of ether oxygens (including phenoxy) is 2. The topological polar surface area (TPSA) is 18.5 Å². The van der Waals surface area contributed by atoms with E-state index >= 15 is 0 Å². The molecule has 4 rings (SSSR count). The van der Waals surface area contributed by atoms with E-state index in [0.29, 0.717) is 5.41 Å². The van der Waals surface area contributed by atoms with E-state index in [2.05, 4.69) is 0 Å². The molecule has 16 heavy (non-hydrogen) atoms. The van der Waals surface area contributed by atoms with E-state index in [4.69, 9.17) is 9.47 Å². The third-order valence-corrected chi connectivity index (χ3v) is 4.96. The Bertz CT molecular complexity index is 211. The molecule has 1 unspecified atom stereocenters. The zero-order valence-electron chi connectivity index (χ0n) is 10.2. The van der Waals surface area contributed by atoms with Gasteiger partial charge in [0.2, 0.25) is 0 Å². The third-order valence-electron chi connectivity index (χ3n) is 4.96. The molecule has 4 fully saturated rings. The summed E-state index contributed by atoms with van der Waals surface area (Å²) in [5.41, 5.74) is 0.537. The van der Waals surface area contributed by atoms with Gasteiger partial charge in [0.25, 0.3) is 0 Å². The summed E-state index contributed by atoms with van der Waals surface area (Å²) < 4.78 is 11.7. The molecule has 1 aliphatic heterocycles. The summed E-state index contributed by atoms with van der Waals surface area (Å²) in [6, 6.07) is 0. The van der Waals surface area contributed by atoms with E-state index in [9.17, 15) is 0 Å². The van der Waals surface area contributed by atoms with Crippen molar-refractivity contribution < 1.29 is 9.47 Å². The highest BCUT2D eigenvalue weighted by Gasteiger charge is 2.40. The Morgan fingerprint density at radius 3 is 2.38 bits per heavy atom. The van der Waals surface area contributed by atoms with Crippen LogP contribution in [0.15, 0.2) is 0 Å². The highest BCUT2D eigenvalue weighted by molar-refractivity contribution is 4.91. The summed E-state index contributed by atoms with van der Waals surface area (Å²) in [6.45, 7) is 1.87. The molecule has 0 aromatic rings. The minimum atomic E-state index is 0.114. The zero-order chi connectivity index (χ0) is 10.8. The Morgan fingerprint density at radius 2 is 1.75 bits per heavy atom. The van der Waals surface area contributed by atoms with Gasteiger partial charge in [-0.15, -0.1) is 0 Å². The van der Waals surface area contributed by atoms with E-state index in [1.54, 1.807) is 0 Å². The van der Waals surface area contributed by atoms with Crippen LogP contribution in [0.25, 0.3) is 0 Å². The zero-order valence-corrected chi connectivity index (χ0v) is 10.2. The standard InChI is InChI=1S/C14H24O2/c1-2-10-15-13(3-1)16-11-14-7-4-12(5-8-14)6-9-14/h12-13H,1-11H2. The van der Waals surface area contributed by atoms with Crippen LogP contribution in [0.2, 0.25) is 0 Å². The van der Waals surface area contributed by atoms with Crippen molar-refractivity contribution in [3.05, 3.63) is 0 Å². The van der Waals surface area contributed by atoms with Crippen molar-refractivity contribution in [3.8, 4) is 0 Å². The van der Waals surface area contributed by atoms with Crippen molar-refractivity contribution in [2.45, 2.75) is 64.1 Å². The van der Waals surface area contributed by atoms with E-state index in [-0.39, 0.29) is 6.29 Å². The molecule has 1 saturated heterocycles. The maximum atomic E-state index is 6.02. The van der Waals surface area contributed by atoms with Gasteiger partial charge in [-0.3, -0.25) is 0 Å². The Morgan fingerprint density at radius 1 is 1.00 bits per heavy atom. The minimum Gasteiger partial charge on any atom is -0.353 e. The molecule has 92 valence electrons. The first-order valence-corrected chi connectivity index (χ1v) is 7.10. The fourth-order valence-electron chi connectivity index (χ4n) is 3.67. The SMILES string of the molecule is C1CCC(OCC23CCC(CC2)CC3)OC1. The Balaban J connectivity index is 1.49. The molecular weight excluding hydrogens is 200 g/mol. The average molecular weight is 224 g/mol. The molecule has 0 radical (unpaired) electrons. The van der Waals surface area contributed by atoms with Gasteiger partial charge in [-0.2, -0.15) is 0 Å². The highest BCUT2D eigenvalue weighted by atomic mass is 16.7. The van der Waals surface area contributed by atoms with Crippen LogP contribution in [0.4, 0.5) is 0 Å². The summed E-state index contributed by atoms with van der Waals surface area (Å²) in [7, 11) is 0. The molecule has 0 amide bonds. The first-order chi connectivity index (χ1) is 7.86. The molecule has 0 spiro atoms. The van der Waals surface area contributed by atoms with E-state index in [0.717, 1.165) is 25.6 Å². The summed E-state index contributed by atoms with van der Waals surface area (Å²) in [4.78, 5) is 0. The summed E-state index contributed by atoms with van der Waals surface area (Å²) in [5.74, 6) is 1.05. The quantitative estimate of drug-likeness (QED) is 0.730. The molecular formula is C14H24O2. The smallest absolute Gasteiger partial charge is 0.157 e. The maximum Gasteiger partial charge on any atom is 0.157 e. The molecule has 2 nitrogen and oxygen atoms in total. The molecule has 4 aliphatic rings. The highest BCUT2D eigenvalue weighted by Crippen LogP contribution is 2.50. The predicted molar refractivity (Wildman–Crippen MR) is 63.2 cm³/mol. The Labute approximate surface area is 98.7 Å². The van der Waals surface area contributed by atoms with Gasteiger partial charge in [0, 0.05) is 6.61 Å². The predicted octanol–water partition coefficient (Wildman–Crippen LogP) is 3.50. The molecule has 0 aromatic carbocycles. The van der Waals surface area contributed by atoms with Crippen LogP contribution < -0.4 is 0 Å². The van der Waals surface area contributed by atoms with Gasteiger partial charge in [-0.1, -0.05) is 0 Å². The van der Waals surface area contributed by atoms with Crippen molar-refractivity contribution >= 4 is 0 Å². The molecule has 0 N–H and O–H groups in total. The lowest BCUT2D eigenvalue weighted by molar-refractivity contribution is -0.187. The van der Waals surface area contributed by atoms with Crippen LogP contribution in [0, 0.1) is 11.3 Å². The van der Waals surface area contributed by atoms with Gasteiger partial charge in [-0.05, 0) is 69.1 Å². The first-order valence-electron chi connectivity index (χ1n) is 7.10. The minimum absolute atomic E-state index is 0.114. The fourth-order valence-corrected chi connectivity index (χ4v) is 3.67.